The Morgan fingerprint density at radius 1 is 1.50 bits per heavy atom. The molecule has 1 N–H and O–H groups in total. The highest BCUT2D eigenvalue weighted by atomic mass is 16.2. The Morgan fingerprint density at radius 3 is 2.58 bits per heavy atom. The van der Waals surface area contributed by atoms with Gasteiger partial charge in [0.15, 0.2) is 0 Å². The predicted octanol–water partition coefficient (Wildman–Crippen LogP) is 0.583. The first-order valence-electron chi connectivity index (χ1n) is 4.15. The standard InChI is InChI=1S/C8H14N2O2/c1-4-6-5(2)7(11)9-8(12)10(6)3/h5-6H,4H2,1-3H3,(H,9,11,12). The monoisotopic (exact) mass is 170 g/mol. The lowest BCUT2D eigenvalue weighted by atomic mass is 9.96. The van der Waals surface area contributed by atoms with Gasteiger partial charge in [-0.3, -0.25) is 10.1 Å². The summed E-state index contributed by atoms with van der Waals surface area (Å²) < 4.78 is 0. The lowest BCUT2D eigenvalue weighted by Crippen LogP contribution is -2.57. The van der Waals surface area contributed by atoms with Crippen LogP contribution in [0.4, 0.5) is 4.79 Å². The van der Waals surface area contributed by atoms with E-state index in [4.69, 9.17) is 0 Å². The molecule has 0 aromatic rings. The fourth-order valence-corrected chi connectivity index (χ4v) is 1.60. The van der Waals surface area contributed by atoms with E-state index in [2.05, 4.69) is 5.32 Å². The highest BCUT2D eigenvalue weighted by molar-refractivity contribution is 5.98. The molecule has 0 bridgehead atoms. The molecule has 0 aliphatic carbocycles. The molecule has 2 atom stereocenters. The molecule has 1 aliphatic rings. The van der Waals surface area contributed by atoms with Crippen molar-refractivity contribution in [2.75, 3.05) is 7.05 Å². The number of hydrogen-bond donors (Lipinski definition) is 1. The largest absolute Gasteiger partial charge is 0.324 e. The zero-order valence-electron chi connectivity index (χ0n) is 7.63. The Morgan fingerprint density at radius 2 is 2.08 bits per heavy atom. The van der Waals surface area contributed by atoms with Gasteiger partial charge in [-0.25, -0.2) is 4.79 Å². The first-order chi connectivity index (χ1) is 5.57. The number of urea groups is 1. The molecule has 0 spiro atoms. The molecule has 4 nitrogen and oxygen atoms in total. The lowest BCUT2D eigenvalue weighted by molar-refractivity contribution is -0.127. The van der Waals surface area contributed by atoms with Crippen LogP contribution < -0.4 is 5.32 Å². The summed E-state index contributed by atoms with van der Waals surface area (Å²) in [4.78, 5) is 23.9. The van der Waals surface area contributed by atoms with E-state index in [9.17, 15) is 9.59 Å². The molecule has 1 heterocycles. The van der Waals surface area contributed by atoms with Crippen LogP contribution in [0, 0.1) is 5.92 Å². The summed E-state index contributed by atoms with van der Waals surface area (Å²) in [5.74, 6) is -0.261. The minimum atomic E-state index is -0.287. The van der Waals surface area contributed by atoms with Gasteiger partial charge in [0.1, 0.15) is 0 Å². The van der Waals surface area contributed by atoms with Crippen molar-refractivity contribution < 1.29 is 9.59 Å². The van der Waals surface area contributed by atoms with E-state index in [1.54, 1.807) is 11.9 Å². The maximum absolute atomic E-state index is 11.2. The van der Waals surface area contributed by atoms with Crippen LogP contribution in [-0.4, -0.2) is 29.9 Å². The molecule has 0 aromatic carbocycles. The number of nitrogens with zero attached hydrogens (tertiary/aromatic N) is 1. The maximum atomic E-state index is 11.2. The zero-order valence-corrected chi connectivity index (χ0v) is 7.63. The highest BCUT2D eigenvalue weighted by Crippen LogP contribution is 2.17. The van der Waals surface area contributed by atoms with Crippen LogP contribution in [0.2, 0.25) is 0 Å². The third-order valence-electron chi connectivity index (χ3n) is 2.46. The molecule has 1 rings (SSSR count). The fraction of sp³-hybridized carbons (Fsp3) is 0.750. The van der Waals surface area contributed by atoms with Crippen molar-refractivity contribution in [3.63, 3.8) is 0 Å². The normalized spacial score (nSPS) is 30.4. The molecular weight excluding hydrogens is 156 g/mol. The summed E-state index contributed by atoms with van der Waals surface area (Å²) in [5, 5.41) is 2.29. The van der Waals surface area contributed by atoms with Crippen molar-refractivity contribution in [2.45, 2.75) is 26.3 Å². The van der Waals surface area contributed by atoms with Gasteiger partial charge in [0.05, 0.1) is 5.92 Å². The van der Waals surface area contributed by atoms with Crippen LogP contribution in [0.15, 0.2) is 0 Å². The Hall–Kier alpha value is -1.06. The molecule has 2 unspecified atom stereocenters. The van der Waals surface area contributed by atoms with Crippen LogP contribution >= 0.6 is 0 Å². The summed E-state index contributed by atoms with van der Waals surface area (Å²) in [6.45, 7) is 3.82. The van der Waals surface area contributed by atoms with Gasteiger partial charge in [0.2, 0.25) is 5.91 Å². The van der Waals surface area contributed by atoms with E-state index in [0.717, 1.165) is 6.42 Å². The number of amides is 3. The molecule has 1 saturated heterocycles. The van der Waals surface area contributed by atoms with Gasteiger partial charge in [-0.15, -0.1) is 0 Å². The molecule has 0 saturated carbocycles. The molecule has 3 amide bonds. The van der Waals surface area contributed by atoms with Crippen LogP contribution in [-0.2, 0) is 4.79 Å². The summed E-state index contributed by atoms with van der Waals surface area (Å²) in [6, 6.07) is -0.240. The summed E-state index contributed by atoms with van der Waals surface area (Å²) in [5.41, 5.74) is 0. The van der Waals surface area contributed by atoms with Crippen molar-refractivity contribution in [2.24, 2.45) is 5.92 Å². The summed E-state index contributed by atoms with van der Waals surface area (Å²) in [7, 11) is 1.71. The number of rotatable bonds is 1. The van der Waals surface area contributed by atoms with Crippen molar-refractivity contribution in [1.29, 1.82) is 0 Å². The second-order valence-electron chi connectivity index (χ2n) is 3.17. The van der Waals surface area contributed by atoms with Gasteiger partial charge in [0, 0.05) is 13.1 Å². The average molecular weight is 170 g/mol. The average Bonchev–Trinajstić information content (AvgIpc) is 2.02. The third kappa shape index (κ3) is 1.29. The van der Waals surface area contributed by atoms with Crippen molar-refractivity contribution in [3.8, 4) is 0 Å². The minimum Gasteiger partial charge on any atom is -0.324 e. The van der Waals surface area contributed by atoms with E-state index in [1.807, 2.05) is 13.8 Å². The van der Waals surface area contributed by atoms with Crippen LogP contribution in [0.25, 0.3) is 0 Å². The Balaban J connectivity index is 2.80. The first-order valence-corrected chi connectivity index (χ1v) is 4.15. The Bertz CT molecular complexity index is 195. The van der Waals surface area contributed by atoms with Gasteiger partial charge in [-0.2, -0.15) is 0 Å². The SMILES string of the molecule is CCC1C(C)C(=O)NC(=O)N1C. The quantitative estimate of drug-likeness (QED) is 0.626. The summed E-state index contributed by atoms with van der Waals surface area (Å²) in [6.07, 6.45) is 0.816. The molecule has 1 fully saturated rings. The Labute approximate surface area is 71.9 Å². The maximum Gasteiger partial charge on any atom is 0.324 e. The second-order valence-corrected chi connectivity index (χ2v) is 3.17. The third-order valence-corrected chi connectivity index (χ3v) is 2.46. The van der Waals surface area contributed by atoms with E-state index in [-0.39, 0.29) is 23.9 Å². The van der Waals surface area contributed by atoms with E-state index in [1.165, 1.54) is 0 Å². The smallest absolute Gasteiger partial charge is 0.324 e. The number of hydrogen-bond acceptors (Lipinski definition) is 2. The van der Waals surface area contributed by atoms with Crippen molar-refractivity contribution in [3.05, 3.63) is 0 Å². The van der Waals surface area contributed by atoms with Crippen molar-refractivity contribution in [1.82, 2.24) is 10.2 Å². The number of imide groups is 1. The highest BCUT2D eigenvalue weighted by Gasteiger charge is 2.34. The topological polar surface area (TPSA) is 49.4 Å². The van der Waals surface area contributed by atoms with E-state index >= 15 is 0 Å². The van der Waals surface area contributed by atoms with Gasteiger partial charge in [-0.1, -0.05) is 13.8 Å². The molecule has 4 heteroatoms. The van der Waals surface area contributed by atoms with Gasteiger partial charge in [0.25, 0.3) is 0 Å². The molecule has 1 aliphatic heterocycles. The molecule has 0 aromatic heterocycles. The Kier molecular flexibility index (Phi) is 2.35. The molecule has 0 radical (unpaired) electrons. The lowest BCUT2D eigenvalue weighted by Gasteiger charge is -2.35. The van der Waals surface area contributed by atoms with Crippen molar-refractivity contribution >= 4 is 11.9 Å². The van der Waals surface area contributed by atoms with Crippen LogP contribution in [0.3, 0.4) is 0 Å². The van der Waals surface area contributed by atoms with E-state index in [0.29, 0.717) is 0 Å². The van der Waals surface area contributed by atoms with E-state index < -0.39 is 0 Å². The van der Waals surface area contributed by atoms with Gasteiger partial charge >= 0.3 is 6.03 Å². The second kappa shape index (κ2) is 3.13. The first kappa shape index (κ1) is 9.03. The molecule has 12 heavy (non-hydrogen) atoms. The number of carbonyl (C=O) groups is 2. The van der Waals surface area contributed by atoms with Crippen LogP contribution in [0.5, 0.6) is 0 Å². The zero-order chi connectivity index (χ0) is 9.30. The summed E-state index contributed by atoms with van der Waals surface area (Å²) >= 11 is 0. The predicted molar refractivity (Wildman–Crippen MR) is 44.5 cm³/mol. The molecular formula is C8H14N2O2. The van der Waals surface area contributed by atoms with Gasteiger partial charge in [-0.05, 0) is 6.42 Å². The minimum absolute atomic E-state index is 0.0475. The number of nitrogens with one attached hydrogen (secondary N) is 1. The fourth-order valence-electron chi connectivity index (χ4n) is 1.60. The molecule has 68 valence electrons. The number of carbonyl (C=O) groups excluding carboxylic acids is 2. The van der Waals surface area contributed by atoms with Gasteiger partial charge < -0.3 is 4.90 Å². The van der Waals surface area contributed by atoms with Crippen LogP contribution in [0.1, 0.15) is 20.3 Å².